The Morgan fingerprint density at radius 2 is 2.00 bits per heavy atom. The van der Waals surface area contributed by atoms with Gasteiger partial charge >= 0.3 is 0 Å². The van der Waals surface area contributed by atoms with Crippen molar-refractivity contribution in [3.05, 3.63) is 29.8 Å². The first-order valence-corrected chi connectivity index (χ1v) is 10.5. The van der Waals surface area contributed by atoms with Crippen molar-refractivity contribution in [2.75, 3.05) is 12.3 Å². The van der Waals surface area contributed by atoms with E-state index in [-0.39, 0.29) is 17.8 Å². The number of nitrogens with one attached hydrogen (secondary N) is 1. The monoisotopic (exact) mass is 368 g/mol. The first-order valence-electron chi connectivity index (χ1n) is 8.86. The summed E-state index contributed by atoms with van der Waals surface area (Å²) < 4.78 is 31.5. The molecule has 2 rings (SSSR count). The molecule has 1 unspecified atom stereocenters. The molecular weight excluding hydrogens is 340 g/mol. The molecule has 1 amide bonds. The predicted octanol–water partition coefficient (Wildman–Crippen LogP) is 2.29. The molecule has 1 aromatic carbocycles. The smallest absolute Gasteiger partial charge is 0.238 e. The van der Waals surface area contributed by atoms with E-state index in [2.05, 4.69) is 5.32 Å². The Balaban J connectivity index is 1.93. The number of sulfonamides is 1. The first-order chi connectivity index (χ1) is 11.8. The van der Waals surface area contributed by atoms with Crippen molar-refractivity contribution >= 4 is 15.9 Å². The van der Waals surface area contributed by atoms with Gasteiger partial charge in [0.05, 0.1) is 11.9 Å². The van der Waals surface area contributed by atoms with Gasteiger partial charge < -0.3 is 10.1 Å². The van der Waals surface area contributed by atoms with Gasteiger partial charge in [0.2, 0.25) is 15.9 Å². The van der Waals surface area contributed by atoms with Crippen molar-refractivity contribution in [3.63, 3.8) is 0 Å². The molecule has 0 radical (unpaired) electrons. The van der Waals surface area contributed by atoms with Crippen LogP contribution >= 0.6 is 0 Å². The van der Waals surface area contributed by atoms with Gasteiger partial charge in [0.25, 0.3) is 0 Å². The molecule has 1 saturated heterocycles. The largest absolute Gasteiger partial charge is 0.491 e. The number of hydrogen-bond acceptors (Lipinski definition) is 4. The molecule has 1 fully saturated rings. The molecule has 1 aromatic rings. The van der Waals surface area contributed by atoms with E-state index in [1.165, 1.54) is 4.31 Å². The van der Waals surface area contributed by atoms with Gasteiger partial charge in [-0.3, -0.25) is 4.79 Å². The standard InChI is InChI=1S/C18H28N2O4S/c1-4-12-25(22,23)20-11-5-6-17(20)18(21)19-13-15-7-9-16(10-8-15)24-14(2)3/h7-10,14,17H,4-6,11-13H2,1-3H3,(H,19,21). The lowest BCUT2D eigenvalue weighted by Crippen LogP contribution is -2.46. The molecule has 25 heavy (non-hydrogen) atoms. The van der Waals surface area contributed by atoms with Crippen molar-refractivity contribution in [2.45, 2.75) is 58.7 Å². The second kappa shape index (κ2) is 8.67. The van der Waals surface area contributed by atoms with Gasteiger partial charge in [-0.05, 0) is 50.8 Å². The molecule has 1 atom stereocenters. The normalized spacial score (nSPS) is 18.5. The van der Waals surface area contributed by atoms with E-state index in [0.717, 1.165) is 17.7 Å². The third kappa shape index (κ3) is 5.44. The van der Waals surface area contributed by atoms with Crippen LogP contribution in [0.3, 0.4) is 0 Å². The highest BCUT2D eigenvalue weighted by atomic mass is 32.2. The highest BCUT2D eigenvalue weighted by Crippen LogP contribution is 2.22. The van der Waals surface area contributed by atoms with Gasteiger partial charge in [0.15, 0.2) is 0 Å². The average Bonchev–Trinajstić information content (AvgIpc) is 3.04. The summed E-state index contributed by atoms with van der Waals surface area (Å²) in [6.07, 6.45) is 1.97. The maximum atomic E-state index is 12.5. The lowest BCUT2D eigenvalue weighted by molar-refractivity contribution is -0.124. The Hall–Kier alpha value is -1.60. The molecule has 1 N–H and O–H groups in total. The quantitative estimate of drug-likeness (QED) is 0.764. The molecule has 6 nitrogen and oxygen atoms in total. The number of nitrogens with zero attached hydrogens (tertiary/aromatic N) is 1. The SMILES string of the molecule is CCCS(=O)(=O)N1CCCC1C(=O)NCc1ccc(OC(C)C)cc1. The first kappa shape index (κ1) is 19.7. The van der Waals surface area contributed by atoms with E-state index < -0.39 is 16.1 Å². The Kier molecular flexibility index (Phi) is 6.84. The summed E-state index contributed by atoms with van der Waals surface area (Å²) in [6.45, 7) is 6.57. The topological polar surface area (TPSA) is 75.7 Å². The zero-order valence-corrected chi connectivity index (χ0v) is 16.0. The van der Waals surface area contributed by atoms with Crippen molar-refractivity contribution in [1.29, 1.82) is 0 Å². The Morgan fingerprint density at radius 3 is 2.60 bits per heavy atom. The summed E-state index contributed by atoms with van der Waals surface area (Å²) in [5, 5.41) is 2.86. The van der Waals surface area contributed by atoms with E-state index in [4.69, 9.17) is 4.74 Å². The van der Waals surface area contributed by atoms with Crippen molar-refractivity contribution < 1.29 is 17.9 Å². The highest BCUT2D eigenvalue weighted by Gasteiger charge is 2.37. The fourth-order valence-corrected chi connectivity index (χ4v) is 4.72. The molecule has 0 saturated carbocycles. The van der Waals surface area contributed by atoms with Crippen molar-refractivity contribution in [3.8, 4) is 5.75 Å². The van der Waals surface area contributed by atoms with E-state index >= 15 is 0 Å². The maximum absolute atomic E-state index is 12.5. The van der Waals surface area contributed by atoms with Gasteiger partial charge in [-0.15, -0.1) is 0 Å². The number of hydrogen-bond donors (Lipinski definition) is 1. The summed E-state index contributed by atoms with van der Waals surface area (Å²) in [6, 6.07) is 6.96. The second-order valence-electron chi connectivity index (χ2n) is 6.61. The van der Waals surface area contributed by atoms with Gasteiger partial charge in [0, 0.05) is 13.1 Å². The van der Waals surface area contributed by atoms with Crippen LogP contribution < -0.4 is 10.1 Å². The fourth-order valence-electron chi connectivity index (χ4n) is 2.98. The summed E-state index contributed by atoms with van der Waals surface area (Å²) in [7, 11) is -3.35. The number of carbonyl (C=O) groups excluding carboxylic acids is 1. The van der Waals surface area contributed by atoms with Crippen LogP contribution in [0.5, 0.6) is 5.75 Å². The Bertz CT molecular complexity index is 671. The number of amides is 1. The van der Waals surface area contributed by atoms with Crippen LogP contribution in [0.15, 0.2) is 24.3 Å². The predicted molar refractivity (Wildman–Crippen MR) is 97.9 cm³/mol. The van der Waals surface area contributed by atoms with Crippen molar-refractivity contribution in [2.24, 2.45) is 0 Å². The Labute approximate surface area is 150 Å². The number of benzene rings is 1. The summed E-state index contributed by atoms with van der Waals surface area (Å²) in [5.74, 6) is 0.658. The molecular formula is C18H28N2O4S. The average molecular weight is 368 g/mol. The minimum Gasteiger partial charge on any atom is -0.491 e. The van der Waals surface area contributed by atoms with Crippen LogP contribution in [0.4, 0.5) is 0 Å². The van der Waals surface area contributed by atoms with Crippen LogP contribution in [0, 0.1) is 0 Å². The molecule has 140 valence electrons. The third-order valence-electron chi connectivity index (χ3n) is 4.09. The minimum atomic E-state index is -3.35. The van der Waals surface area contributed by atoms with Gasteiger partial charge in [-0.1, -0.05) is 19.1 Å². The highest BCUT2D eigenvalue weighted by molar-refractivity contribution is 7.89. The number of rotatable bonds is 8. The van der Waals surface area contributed by atoms with Crippen LogP contribution in [0.2, 0.25) is 0 Å². The van der Waals surface area contributed by atoms with Crippen LogP contribution in [-0.2, 0) is 21.4 Å². The third-order valence-corrected chi connectivity index (χ3v) is 6.16. The van der Waals surface area contributed by atoms with Gasteiger partial charge in [0.1, 0.15) is 11.8 Å². The molecule has 1 heterocycles. The van der Waals surface area contributed by atoms with E-state index in [0.29, 0.717) is 25.9 Å². The summed E-state index contributed by atoms with van der Waals surface area (Å²) in [5.41, 5.74) is 0.949. The lowest BCUT2D eigenvalue weighted by Gasteiger charge is -2.23. The maximum Gasteiger partial charge on any atom is 0.238 e. The molecule has 7 heteroatoms. The van der Waals surface area contributed by atoms with Crippen LogP contribution in [0.1, 0.15) is 45.6 Å². The molecule has 0 bridgehead atoms. The zero-order chi connectivity index (χ0) is 18.4. The number of ether oxygens (including phenoxy) is 1. The van der Waals surface area contributed by atoms with E-state index in [9.17, 15) is 13.2 Å². The lowest BCUT2D eigenvalue weighted by atomic mass is 10.2. The molecule has 0 aliphatic carbocycles. The molecule has 1 aliphatic heterocycles. The second-order valence-corrected chi connectivity index (χ2v) is 8.65. The van der Waals surface area contributed by atoms with Crippen LogP contribution in [-0.4, -0.2) is 43.1 Å². The molecule has 0 spiro atoms. The minimum absolute atomic E-state index is 0.0914. The fraction of sp³-hybridized carbons (Fsp3) is 0.611. The zero-order valence-electron chi connectivity index (χ0n) is 15.2. The Morgan fingerprint density at radius 1 is 1.32 bits per heavy atom. The van der Waals surface area contributed by atoms with Gasteiger partial charge in [-0.25, -0.2) is 8.42 Å². The van der Waals surface area contributed by atoms with E-state index in [1.54, 1.807) is 0 Å². The van der Waals surface area contributed by atoms with Crippen LogP contribution in [0.25, 0.3) is 0 Å². The number of carbonyl (C=O) groups is 1. The molecule has 0 aromatic heterocycles. The molecule has 1 aliphatic rings. The van der Waals surface area contributed by atoms with Crippen molar-refractivity contribution in [1.82, 2.24) is 9.62 Å². The van der Waals surface area contributed by atoms with E-state index in [1.807, 2.05) is 45.0 Å². The van der Waals surface area contributed by atoms with Gasteiger partial charge in [-0.2, -0.15) is 4.31 Å². The summed E-state index contributed by atoms with van der Waals surface area (Å²) in [4.78, 5) is 12.5. The summed E-state index contributed by atoms with van der Waals surface area (Å²) >= 11 is 0.